The van der Waals surface area contributed by atoms with Gasteiger partial charge in [0.15, 0.2) is 0 Å². The highest BCUT2D eigenvalue weighted by atomic mass is 35.5. The van der Waals surface area contributed by atoms with Crippen molar-refractivity contribution < 1.29 is 4.39 Å². The quantitative estimate of drug-likeness (QED) is 0.927. The number of rotatable bonds is 4. The van der Waals surface area contributed by atoms with Crippen LogP contribution in [0.3, 0.4) is 0 Å². The smallest absolute Gasteiger partial charge is 0.124 e. The van der Waals surface area contributed by atoms with Gasteiger partial charge in [0.1, 0.15) is 5.82 Å². The Morgan fingerprint density at radius 3 is 2.89 bits per heavy atom. The lowest BCUT2D eigenvalue weighted by Gasteiger charge is -2.10. The molecule has 0 aliphatic carbocycles. The molecule has 0 fully saturated rings. The van der Waals surface area contributed by atoms with Crippen molar-refractivity contribution in [3.8, 4) is 5.69 Å². The maximum atomic E-state index is 13.0. The van der Waals surface area contributed by atoms with Crippen LogP contribution in [0.2, 0.25) is 5.02 Å². The molecule has 6 heteroatoms. The van der Waals surface area contributed by atoms with Crippen molar-refractivity contribution in [1.29, 1.82) is 0 Å². The summed E-state index contributed by atoms with van der Waals surface area (Å²) in [6.45, 7) is 4.73. The lowest BCUT2D eigenvalue weighted by atomic mass is 10.3. The van der Waals surface area contributed by atoms with E-state index in [9.17, 15) is 4.39 Å². The Kier molecular flexibility index (Phi) is 3.93. The summed E-state index contributed by atoms with van der Waals surface area (Å²) in [5, 5.41) is 11.4. The zero-order valence-electron chi connectivity index (χ0n) is 10.2. The van der Waals surface area contributed by atoms with E-state index in [-0.39, 0.29) is 5.82 Å². The zero-order valence-corrected chi connectivity index (χ0v) is 10.9. The minimum Gasteiger partial charge on any atom is -0.309 e. The van der Waals surface area contributed by atoms with Crippen LogP contribution in [0.25, 0.3) is 5.69 Å². The van der Waals surface area contributed by atoms with Crippen LogP contribution in [-0.4, -0.2) is 21.0 Å². The first kappa shape index (κ1) is 13.0. The number of hydrogen-bond acceptors (Lipinski definition) is 3. The maximum absolute atomic E-state index is 13.0. The molecule has 96 valence electrons. The highest BCUT2D eigenvalue weighted by Crippen LogP contribution is 2.21. The first-order chi connectivity index (χ1) is 8.58. The van der Waals surface area contributed by atoms with E-state index in [1.54, 1.807) is 16.9 Å². The third kappa shape index (κ3) is 2.86. The van der Waals surface area contributed by atoms with E-state index in [1.165, 1.54) is 12.1 Å². The monoisotopic (exact) mass is 268 g/mol. The highest BCUT2D eigenvalue weighted by molar-refractivity contribution is 6.32. The Bertz CT molecular complexity index is 539. The molecule has 0 aliphatic rings. The summed E-state index contributed by atoms with van der Waals surface area (Å²) in [5.41, 5.74) is 1.49. The van der Waals surface area contributed by atoms with Gasteiger partial charge in [0, 0.05) is 12.6 Å². The molecule has 1 N–H and O–H groups in total. The molecule has 1 aromatic carbocycles. The van der Waals surface area contributed by atoms with Crippen LogP contribution in [0.1, 0.15) is 19.5 Å². The van der Waals surface area contributed by atoms with Crippen LogP contribution in [0, 0.1) is 5.82 Å². The SMILES string of the molecule is CC(C)NCc1cnnn1-c1ccc(F)cc1Cl. The lowest BCUT2D eigenvalue weighted by molar-refractivity contribution is 0.570. The molecule has 0 saturated carbocycles. The minimum atomic E-state index is -0.370. The lowest BCUT2D eigenvalue weighted by Crippen LogP contribution is -2.23. The summed E-state index contributed by atoms with van der Waals surface area (Å²) in [7, 11) is 0. The molecule has 0 aliphatic heterocycles. The van der Waals surface area contributed by atoms with E-state index in [0.717, 1.165) is 5.69 Å². The van der Waals surface area contributed by atoms with Crippen LogP contribution < -0.4 is 5.32 Å². The van der Waals surface area contributed by atoms with Gasteiger partial charge in [-0.25, -0.2) is 9.07 Å². The zero-order chi connectivity index (χ0) is 13.1. The third-order valence-electron chi connectivity index (χ3n) is 2.45. The summed E-state index contributed by atoms with van der Waals surface area (Å²) in [6, 6.07) is 4.56. The number of aromatic nitrogens is 3. The van der Waals surface area contributed by atoms with E-state index in [4.69, 9.17) is 11.6 Å². The van der Waals surface area contributed by atoms with Crippen LogP contribution in [0.5, 0.6) is 0 Å². The van der Waals surface area contributed by atoms with Crippen molar-refractivity contribution in [2.75, 3.05) is 0 Å². The van der Waals surface area contributed by atoms with E-state index < -0.39 is 0 Å². The Morgan fingerprint density at radius 2 is 2.22 bits per heavy atom. The molecule has 0 amide bonds. The summed E-state index contributed by atoms with van der Waals surface area (Å²) >= 11 is 6.01. The number of halogens is 2. The maximum Gasteiger partial charge on any atom is 0.124 e. The molecule has 0 bridgehead atoms. The van der Waals surface area contributed by atoms with Crippen LogP contribution in [0.15, 0.2) is 24.4 Å². The molecule has 4 nitrogen and oxygen atoms in total. The summed E-state index contributed by atoms with van der Waals surface area (Å²) < 4.78 is 14.6. The summed E-state index contributed by atoms with van der Waals surface area (Å²) in [4.78, 5) is 0. The molecule has 18 heavy (non-hydrogen) atoms. The van der Waals surface area contributed by atoms with Crippen molar-refractivity contribution in [3.63, 3.8) is 0 Å². The van der Waals surface area contributed by atoms with Gasteiger partial charge in [0.2, 0.25) is 0 Å². The van der Waals surface area contributed by atoms with Crippen LogP contribution >= 0.6 is 11.6 Å². The fraction of sp³-hybridized carbons (Fsp3) is 0.333. The minimum absolute atomic E-state index is 0.311. The molecule has 1 aromatic heterocycles. The van der Waals surface area contributed by atoms with E-state index in [0.29, 0.717) is 23.3 Å². The molecule has 0 radical (unpaired) electrons. The van der Waals surface area contributed by atoms with Crippen molar-refractivity contribution in [3.05, 3.63) is 40.9 Å². The topological polar surface area (TPSA) is 42.7 Å². The Labute approximate surface area is 110 Å². The van der Waals surface area contributed by atoms with Gasteiger partial charge in [-0.2, -0.15) is 0 Å². The predicted octanol–water partition coefficient (Wildman–Crippen LogP) is 2.56. The second-order valence-corrected chi connectivity index (χ2v) is 4.68. The van der Waals surface area contributed by atoms with Crippen molar-refractivity contribution in [1.82, 2.24) is 20.3 Å². The Hall–Kier alpha value is -1.46. The fourth-order valence-corrected chi connectivity index (χ4v) is 1.79. The number of benzene rings is 1. The van der Waals surface area contributed by atoms with Gasteiger partial charge in [-0.3, -0.25) is 0 Å². The van der Waals surface area contributed by atoms with E-state index >= 15 is 0 Å². The Balaban J connectivity index is 2.30. The van der Waals surface area contributed by atoms with Crippen molar-refractivity contribution in [2.45, 2.75) is 26.4 Å². The van der Waals surface area contributed by atoms with Gasteiger partial charge in [-0.1, -0.05) is 30.7 Å². The van der Waals surface area contributed by atoms with E-state index in [1.807, 2.05) is 0 Å². The number of nitrogens with one attached hydrogen (secondary N) is 1. The largest absolute Gasteiger partial charge is 0.309 e. The fourth-order valence-electron chi connectivity index (χ4n) is 1.54. The van der Waals surface area contributed by atoms with Crippen molar-refractivity contribution in [2.24, 2.45) is 0 Å². The van der Waals surface area contributed by atoms with Gasteiger partial charge in [-0.15, -0.1) is 5.10 Å². The molecule has 0 saturated heterocycles. The Morgan fingerprint density at radius 1 is 1.44 bits per heavy atom. The number of hydrogen-bond donors (Lipinski definition) is 1. The average molecular weight is 269 g/mol. The van der Waals surface area contributed by atoms with Crippen LogP contribution in [0.4, 0.5) is 4.39 Å². The molecule has 2 rings (SSSR count). The molecule has 0 unspecified atom stereocenters. The standard InChI is InChI=1S/C12H14ClFN4/c1-8(2)15-6-10-7-16-17-18(10)12-4-3-9(14)5-11(12)13/h3-5,7-8,15H,6H2,1-2H3. The third-order valence-corrected chi connectivity index (χ3v) is 2.75. The van der Waals surface area contributed by atoms with Gasteiger partial charge in [-0.05, 0) is 18.2 Å². The van der Waals surface area contributed by atoms with Gasteiger partial charge in [0.25, 0.3) is 0 Å². The molecule has 2 aromatic rings. The van der Waals surface area contributed by atoms with Gasteiger partial charge in [0.05, 0.1) is 22.6 Å². The second-order valence-electron chi connectivity index (χ2n) is 4.27. The van der Waals surface area contributed by atoms with E-state index in [2.05, 4.69) is 29.5 Å². The molecule has 0 atom stereocenters. The molecular weight excluding hydrogens is 255 g/mol. The van der Waals surface area contributed by atoms with Gasteiger partial charge >= 0.3 is 0 Å². The van der Waals surface area contributed by atoms with Crippen molar-refractivity contribution >= 4 is 11.6 Å². The predicted molar refractivity (Wildman–Crippen MR) is 68.3 cm³/mol. The molecule has 0 spiro atoms. The molecular formula is C12H14ClFN4. The first-order valence-electron chi connectivity index (χ1n) is 5.66. The number of nitrogens with zero attached hydrogens (tertiary/aromatic N) is 3. The normalized spacial score (nSPS) is 11.2. The molecule has 1 heterocycles. The van der Waals surface area contributed by atoms with Gasteiger partial charge < -0.3 is 5.32 Å². The second kappa shape index (κ2) is 5.46. The van der Waals surface area contributed by atoms with Crippen LogP contribution in [-0.2, 0) is 6.54 Å². The first-order valence-corrected chi connectivity index (χ1v) is 6.04. The summed E-state index contributed by atoms with van der Waals surface area (Å²) in [5.74, 6) is -0.370. The summed E-state index contributed by atoms with van der Waals surface area (Å²) in [6.07, 6.45) is 1.66. The average Bonchev–Trinajstić information content (AvgIpc) is 2.74. The highest BCUT2D eigenvalue weighted by Gasteiger charge is 2.10.